The number of carbonyl (C=O) groups excluding carboxylic acids is 1. The number of hydrogen-bond donors (Lipinski definition) is 0. The molecule has 1 aromatic carbocycles. The lowest BCUT2D eigenvalue weighted by atomic mass is 10.0. The van der Waals surface area contributed by atoms with Crippen LogP contribution >= 0.6 is 0 Å². The zero-order chi connectivity index (χ0) is 13.8. The molecule has 3 heteroatoms. The van der Waals surface area contributed by atoms with E-state index >= 15 is 0 Å². The molecular formula is C16H21NO2. The Labute approximate surface area is 114 Å². The van der Waals surface area contributed by atoms with Crippen LogP contribution in [0.5, 0.6) is 5.75 Å². The van der Waals surface area contributed by atoms with Gasteiger partial charge in [0.1, 0.15) is 5.75 Å². The van der Waals surface area contributed by atoms with Crippen LogP contribution in [-0.4, -0.2) is 25.0 Å². The molecule has 1 unspecified atom stereocenters. The van der Waals surface area contributed by atoms with Crippen molar-refractivity contribution in [1.82, 2.24) is 4.90 Å². The second-order valence-corrected chi connectivity index (χ2v) is 5.01. The average Bonchev–Trinajstić information content (AvgIpc) is 2.99. The van der Waals surface area contributed by atoms with Crippen molar-refractivity contribution in [1.29, 1.82) is 0 Å². The molecule has 0 bridgehead atoms. The summed E-state index contributed by atoms with van der Waals surface area (Å²) in [4.78, 5) is 14.2. The third-order valence-electron chi connectivity index (χ3n) is 3.87. The van der Waals surface area contributed by atoms with Gasteiger partial charge in [0.25, 0.3) is 0 Å². The smallest absolute Gasteiger partial charge is 0.226 e. The van der Waals surface area contributed by atoms with Gasteiger partial charge in [0.15, 0.2) is 0 Å². The number of amides is 1. The number of rotatable bonds is 4. The molecule has 2 rings (SSSR count). The van der Waals surface area contributed by atoms with Gasteiger partial charge in [0, 0.05) is 18.5 Å². The minimum atomic E-state index is 0.0178. The fourth-order valence-corrected chi connectivity index (χ4v) is 2.52. The van der Waals surface area contributed by atoms with Crippen molar-refractivity contribution in [3.8, 4) is 5.75 Å². The van der Waals surface area contributed by atoms with Crippen LogP contribution in [0.25, 0.3) is 0 Å². The monoisotopic (exact) mass is 259 g/mol. The van der Waals surface area contributed by atoms with Crippen molar-refractivity contribution in [2.75, 3.05) is 14.2 Å². The van der Waals surface area contributed by atoms with Crippen molar-refractivity contribution >= 4 is 5.91 Å². The molecule has 0 aliphatic heterocycles. The van der Waals surface area contributed by atoms with Gasteiger partial charge in [-0.1, -0.05) is 30.4 Å². The lowest BCUT2D eigenvalue weighted by Crippen LogP contribution is -2.34. The van der Waals surface area contributed by atoms with Crippen LogP contribution in [0.15, 0.2) is 36.4 Å². The molecule has 1 atom stereocenters. The van der Waals surface area contributed by atoms with Crippen LogP contribution in [0, 0.1) is 5.92 Å². The van der Waals surface area contributed by atoms with Gasteiger partial charge >= 0.3 is 0 Å². The highest BCUT2D eigenvalue weighted by Crippen LogP contribution is 2.30. The molecule has 19 heavy (non-hydrogen) atoms. The number of benzene rings is 1. The lowest BCUT2D eigenvalue weighted by molar-refractivity contribution is -0.135. The Morgan fingerprint density at radius 2 is 1.95 bits per heavy atom. The van der Waals surface area contributed by atoms with Crippen LogP contribution in [0.1, 0.15) is 31.4 Å². The highest BCUT2D eigenvalue weighted by molar-refractivity contribution is 5.80. The van der Waals surface area contributed by atoms with E-state index in [4.69, 9.17) is 4.74 Å². The Kier molecular flexibility index (Phi) is 4.25. The third kappa shape index (κ3) is 2.80. The molecule has 0 N–H and O–H groups in total. The van der Waals surface area contributed by atoms with E-state index in [1.54, 1.807) is 7.11 Å². The Morgan fingerprint density at radius 3 is 2.58 bits per heavy atom. The van der Waals surface area contributed by atoms with E-state index in [1.807, 2.05) is 43.1 Å². The van der Waals surface area contributed by atoms with Crippen LogP contribution in [0.3, 0.4) is 0 Å². The van der Waals surface area contributed by atoms with Crippen molar-refractivity contribution in [3.05, 3.63) is 42.0 Å². The largest absolute Gasteiger partial charge is 0.496 e. The SMILES string of the molecule is COc1ccccc1C(C)N(C)C(=O)C1CC=CC1. The van der Waals surface area contributed by atoms with E-state index in [2.05, 4.69) is 12.2 Å². The maximum absolute atomic E-state index is 12.4. The molecule has 0 heterocycles. The number of hydrogen-bond acceptors (Lipinski definition) is 2. The molecule has 0 aromatic heterocycles. The zero-order valence-electron chi connectivity index (χ0n) is 11.8. The van der Waals surface area contributed by atoms with Gasteiger partial charge < -0.3 is 9.64 Å². The number of ether oxygens (including phenoxy) is 1. The standard InChI is InChI=1S/C16H21NO2/c1-12(14-10-6-7-11-15(14)19-3)17(2)16(18)13-8-4-5-9-13/h4-7,10-13H,8-9H2,1-3H3. The van der Waals surface area contributed by atoms with Gasteiger partial charge in [-0.25, -0.2) is 0 Å². The summed E-state index contributed by atoms with van der Waals surface area (Å²) in [6.07, 6.45) is 5.90. The minimum absolute atomic E-state index is 0.0178. The van der Waals surface area contributed by atoms with E-state index in [9.17, 15) is 4.79 Å². The number of carbonyl (C=O) groups is 1. The predicted octanol–water partition coefficient (Wildman–Crippen LogP) is 3.18. The van der Waals surface area contributed by atoms with Gasteiger partial charge in [0.05, 0.1) is 13.2 Å². The molecule has 1 aromatic rings. The molecule has 0 saturated carbocycles. The van der Waals surface area contributed by atoms with Gasteiger partial charge in [-0.15, -0.1) is 0 Å². The molecule has 0 fully saturated rings. The summed E-state index contributed by atoms with van der Waals surface area (Å²) in [6, 6.07) is 7.88. The molecule has 1 aliphatic rings. The first-order chi connectivity index (χ1) is 9.15. The first-order valence-corrected chi connectivity index (χ1v) is 6.69. The van der Waals surface area contributed by atoms with Crippen molar-refractivity contribution in [2.24, 2.45) is 5.92 Å². The Bertz CT molecular complexity index is 473. The second-order valence-electron chi connectivity index (χ2n) is 5.01. The van der Waals surface area contributed by atoms with E-state index in [-0.39, 0.29) is 17.9 Å². The Hall–Kier alpha value is -1.77. The summed E-state index contributed by atoms with van der Waals surface area (Å²) in [5.41, 5.74) is 1.05. The highest BCUT2D eigenvalue weighted by atomic mass is 16.5. The van der Waals surface area contributed by atoms with Crippen LogP contribution in [0.4, 0.5) is 0 Å². The first-order valence-electron chi connectivity index (χ1n) is 6.69. The second kappa shape index (κ2) is 5.91. The molecular weight excluding hydrogens is 238 g/mol. The van der Waals surface area contributed by atoms with E-state index < -0.39 is 0 Å². The number of allylic oxidation sites excluding steroid dienone is 2. The summed E-state index contributed by atoms with van der Waals surface area (Å²) in [5.74, 6) is 1.16. The van der Waals surface area contributed by atoms with Crippen molar-refractivity contribution in [3.63, 3.8) is 0 Å². The van der Waals surface area contributed by atoms with Gasteiger partial charge in [-0.3, -0.25) is 4.79 Å². The predicted molar refractivity (Wildman–Crippen MR) is 76.0 cm³/mol. The van der Waals surface area contributed by atoms with Crippen LogP contribution < -0.4 is 4.74 Å². The van der Waals surface area contributed by atoms with Crippen LogP contribution in [-0.2, 0) is 4.79 Å². The molecule has 0 spiro atoms. The van der Waals surface area contributed by atoms with Crippen molar-refractivity contribution < 1.29 is 9.53 Å². The summed E-state index contributed by atoms with van der Waals surface area (Å²) in [5, 5.41) is 0. The quantitative estimate of drug-likeness (QED) is 0.777. The summed E-state index contributed by atoms with van der Waals surface area (Å²) in [6.45, 7) is 2.04. The normalized spacial score (nSPS) is 16.4. The molecule has 1 amide bonds. The highest BCUT2D eigenvalue weighted by Gasteiger charge is 2.27. The number of methoxy groups -OCH3 is 1. The fourth-order valence-electron chi connectivity index (χ4n) is 2.52. The topological polar surface area (TPSA) is 29.5 Å². The maximum atomic E-state index is 12.4. The Balaban J connectivity index is 2.13. The van der Waals surface area contributed by atoms with Crippen molar-refractivity contribution in [2.45, 2.75) is 25.8 Å². The maximum Gasteiger partial charge on any atom is 0.226 e. The average molecular weight is 259 g/mol. The minimum Gasteiger partial charge on any atom is -0.496 e. The Morgan fingerprint density at radius 1 is 1.32 bits per heavy atom. The number of nitrogens with zero attached hydrogens (tertiary/aromatic N) is 1. The van der Waals surface area contributed by atoms with Gasteiger partial charge in [0.2, 0.25) is 5.91 Å². The third-order valence-corrected chi connectivity index (χ3v) is 3.87. The lowest BCUT2D eigenvalue weighted by Gasteiger charge is -2.28. The molecule has 0 saturated heterocycles. The molecule has 1 aliphatic carbocycles. The van der Waals surface area contributed by atoms with E-state index in [0.29, 0.717) is 0 Å². The first kappa shape index (κ1) is 13.7. The summed E-state index contributed by atoms with van der Waals surface area (Å²) < 4.78 is 5.37. The zero-order valence-corrected chi connectivity index (χ0v) is 11.8. The van der Waals surface area contributed by atoms with Gasteiger partial charge in [-0.2, -0.15) is 0 Å². The summed E-state index contributed by atoms with van der Waals surface area (Å²) >= 11 is 0. The van der Waals surface area contributed by atoms with Gasteiger partial charge in [-0.05, 0) is 25.8 Å². The van der Waals surface area contributed by atoms with Crippen LogP contribution in [0.2, 0.25) is 0 Å². The molecule has 3 nitrogen and oxygen atoms in total. The number of para-hydroxylation sites is 1. The molecule has 0 radical (unpaired) electrons. The summed E-state index contributed by atoms with van der Waals surface area (Å²) in [7, 11) is 3.53. The fraction of sp³-hybridized carbons (Fsp3) is 0.438. The molecule has 102 valence electrons. The van der Waals surface area contributed by atoms with E-state index in [0.717, 1.165) is 24.2 Å². The van der Waals surface area contributed by atoms with E-state index in [1.165, 1.54) is 0 Å².